The molecule has 0 saturated heterocycles. The number of benzene rings is 2. The molecule has 25 heavy (non-hydrogen) atoms. The molecular weight excluding hydrogens is 310 g/mol. The quantitative estimate of drug-likeness (QED) is 0.768. The minimum absolute atomic E-state index is 0.245. The van der Waals surface area contributed by atoms with Crippen molar-refractivity contribution in [3.8, 4) is 34.1 Å². The minimum atomic E-state index is 0.245. The Morgan fingerprint density at radius 3 is 2.36 bits per heavy atom. The predicted octanol–water partition coefficient (Wildman–Crippen LogP) is 4.49. The van der Waals surface area contributed by atoms with Crippen LogP contribution in [0.2, 0.25) is 0 Å². The summed E-state index contributed by atoms with van der Waals surface area (Å²) < 4.78 is 5.46. The lowest BCUT2D eigenvalue weighted by molar-refractivity contribution is 0.412. The van der Waals surface area contributed by atoms with Gasteiger partial charge in [-0.05, 0) is 36.6 Å². The van der Waals surface area contributed by atoms with Crippen LogP contribution in [-0.4, -0.2) is 12.1 Å². The van der Waals surface area contributed by atoms with Crippen LogP contribution in [0.4, 0.5) is 5.82 Å². The fraction of sp³-hybridized carbons (Fsp3) is 0.143. The van der Waals surface area contributed by atoms with E-state index >= 15 is 0 Å². The van der Waals surface area contributed by atoms with Crippen LogP contribution in [0.25, 0.3) is 22.3 Å². The number of pyridine rings is 1. The molecule has 124 valence electrons. The topological polar surface area (TPSA) is 71.9 Å². The van der Waals surface area contributed by atoms with E-state index in [9.17, 15) is 5.26 Å². The van der Waals surface area contributed by atoms with Crippen molar-refractivity contribution < 1.29 is 4.74 Å². The number of anilines is 1. The summed E-state index contributed by atoms with van der Waals surface area (Å²) >= 11 is 0. The van der Waals surface area contributed by atoms with Crippen molar-refractivity contribution in [3.05, 3.63) is 65.4 Å². The van der Waals surface area contributed by atoms with Gasteiger partial charge in [0.1, 0.15) is 23.2 Å². The third-order valence-corrected chi connectivity index (χ3v) is 4.28. The minimum Gasteiger partial charge on any atom is -0.496 e. The molecule has 0 bridgehead atoms. The maximum atomic E-state index is 9.70. The molecule has 3 aromatic rings. The van der Waals surface area contributed by atoms with Crippen molar-refractivity contribution in [1.29, 1.82) is 5.26 Å². The normalized spacial score (nSPS) is 10.3. The molecule has 2 aromatic carbocycles. The zero-order valence-corrected chi connectivity index (χ0v) is 14.5. The molecule has 1 heterocycles. The number of nitriles is 1. The molecule has 3 rings (SSSR count). The first-order valence-electron chi connectivity index (χ1n) is 7.97. The van der Waals surface area contributed by atoms with Crippen LogP contribution in [0.1, 0.15) is 16.8 Å². The highest BCUT2D eigenvalue weighted by atomic mass is 16.5. The number of rotatable bonds is 3. The maximum Gasteiger partial charge on any atom is 0.142 e. The maximum absolute atomic E-state index is 9.70. The van der Waals surface area contributed by atoms with Gasteiger partial charge in [-0.3, -0.25) is 0 Å². The summed E-state index contributed by atoms with van der Waals surface area (Å²) in [5, 5.41) is 9.70. The van der Waals surface area contributed by atoms with E-state index in [0.717, 1.165) is 39.3 Å². The Morgan fingerprint density at radius 2 is 1.72 bits per heavy atom. The fourth-order valence-electron chi connectivity index (χ4n) is 3.06. The Hall–Kier alpha value is -3.32. The molecule has 0 fully saturated rings. The van der Waals surface area contributed by atoms with Gasteiger partial charge in [-0.15, -0.1) is 0 Å². The first kappa shape index (κ1) is 16.5. The molecule has 0 saturated carbocycles. The van der Waals surface area contributed by atoms with Crippen LogP contribution >= 0.6 is 0 Å². The predicted molar refractivity (Wildman–Crippen MR) is 100 cm³/mol. The van der Waals surface area contributed by atoms with E-state index in [-0.39, 0.29) is 5.82 Å². The average molecular weight is 329 g/mol. The third kappa shape index (κ3) is 2.92. The molecule has 4 heteroatoms. The molecule has 0 radical (unpaired) electrons. The van der Waals surface area contributed by atoms with Crippen molar-refractivity contribution in [2.75, 3.05) is 12.8 Å². The van der Waals surface area contributed by atoms with Gasteiger partial charge in [0, 0.05) is 16.8 Å². The summed E-state index contributed by atoms with van der Waals surface area (Å²) in [5.74, 6) is 1.02. The Bertz CT molecular complexity index is 973. The molecule has 0 aliphatic rings. The second-order valence-corrected chi connectivity index (χ2v) is 5.87. The second kappa shape index (κ2) is 6.66. The monoisotopic (exact) mass is 329 g/mol. The zero-order chi connectivity index (χ0) is 18.0. The summed E-state index contributed by atoms with van der Waals surface area (Å²) in [6, 6.07) is 18.1. The number of hydrogen-bond acceptors (Lipinski definition) is 4. The van der Waals surface area contributed by atoms with Crippen LogP contribution in [0.15, 0.2) is 48.5 Å². The molecule has 2 N–H and O–H groups in total. The Morgan fingerprint density at radius 1 is 1.00 bits per heavy atom. The molecule has 0 unspecified atom stereocenters. The number of nitrogen functional groups attached to an aromatic ring is 1. The standard InChI is InChI=1S/C21H19N3O/c1-13-9-10-16(11-18(13)25-3)20-17(12-22)21(23)24-14(2)19(20)15-7-5-4-6-8-15/h4-11H,1-3H3,(H2,23,24). The molecule has 0 aliphatic carbocycles. The summed E-state index contributed by atoms with van der Waals surface area (Å²) in [5.41, 5.74) is 11.8. The van der Waals surface area contributed by atoms with Gasteiger partial charge in [0.2, 0.25) is 0 Å². The lowest BCUT2D eigenvalue weighted by Crippen LogP contribution is -2.03. The van der Waals surface area contributed by atoms with Crippen LogP contribution in [0.3, 0.4) is 0 Å². The molecule has 0 atom stereocenters. The third-order valence-electron chi connectivity index (χ3n) is 4.28. The number of nitrogens with two attached hydrogens (primary N) is 1. The van der Waals surface area contributed by atoms with Gasteiger partial charge < -0.3 is 10.5 Å². The van der Waals surface area contributed by atoms with Crippen molar-refractivity contribution >= 4 is 5.82 Å². The zero-order valence-electron chi connectivity index (χ0n) is 14.5. The smallest absolute Gasteiger partial charge is 0.142 e. The van der Waals surface area contributed by atoms with Crippen LogP contribution < -0.4 is 10.5 Å². The highest BCUT2D eigenvalue weighted by Gasteiger charge is 2.20. The first-order valence-corrected chi connectivity index (χ1v) is 7.97. The Labute approximate surface area is 147 Å². The molecule has 0 spiro atoms. The van der Waals surface area contributed by atoms with E-state index in [1.807, 2.05) is 62.4 Å². The summed E-state index contributed by atoms with van der Waals surface area (Å²) in [7, 11) is 1.64. The summed E-state index contributed by atoms with van der Waals surface area (Å²) in [6.45, 7) is 3.90. The highest BCUT2D eigenvalue weighted by molar-refractivity contribution is 5.91. The SMILES string of the molecule is COc1cc(-c2c(C#N)c(N)nc(C)c2-c2ccccc2)ccc1C. The number of aromatic nitrogens is 1. The number of nitrogens with zero attached hydrogens (tertiary/aromatic N) is 2. The summed E-state index contributed by atoms with van der Waals surface area (Å²) in [4.78, 5) is 4.39. The van der Waals surface area contributed by atoms with Gasteiger partial charge >= 0.3 is 0 Å². The number of methoxy groups -OCH3 is 1. The second-order valence-electron chi connectivity index (χ2n) is 5.87. The van der Waals surface area contributed by atoms with Crippen LogP contribution in [0, 0.1) is 25.2 Å². The van der Waals surface area contributed by atoms with Gasteiger partial charge in [-0.2, -0.15) is 5.26 Å². The fourth-order valence-corrected chi connectivity index (χ4v) is 3.06. The van der Waals surface area contributed by atoms with Gasteiger partial charge in [-0.25, -0.2) is 4.98 Å². The van der Waals surface area contributed by atoms with Crippen molar-refractivity contribution in [1.82, 2.24) is 4.98 Å². The largest absolute Gasteiger partial charge is 0.496 e. The number of ether oxygens (including phenoxy) is 1. The number of hydrogen-bond donors (Lipinski definition) is 1. The van der Waals surface area contributed by atoms with Gasteiger partial charge in [0.25, 0.3) is 0 Å². The van der Waals surface area contributed by atoms with E-state index in [2.05, 4.69) is 11.1 Å². The lowest BCUT2D eigenvalue weighted by atomic mass is 9.89. The van der Waals surface area contributed by atoms with E-state index in [1.54, 1.807) is 7.11 Å². The van der Waals surface area contributed by atoms with Crippen molar-refractivity contribution in [3.63, 3.8) is 0 Å². The van der Waals surface area contributed by atoms with E-state index in [0.29, 0.717) is 5.56 Å². The van der Waals surface area contributed by atoms with Crippen LogP contribution in [0.5, 0.6) is 5.75 Å². The lowest BCUT2D eigenvalue weighted by Gasteiger charge is -2.17. The van der Waals surface area contributed by atoms with Crippen molar-refractivity contribution in [2.45, 2.75) is 13.8 Å². The molecule has 4 nitrogen and oxygen atoms in total. The summed E-state index contributed by atoms with van der Waals surface area (Å²) in [6.07, 6.45) is 0. The Kier molecular flexibility index (Phi) is 4.40. The van der Waals surface area contributed by atoms with E-state index in [4.69, 9.17) is 10.5 Å². The number of aryl methyl sites for hydroxylation is 2. The molecular formula is C21H19N3O. The van der Waals surface area contributed by atoms with Gasteiger partial charge in [0.15, 0.2) is 0 Å². The average Bonchev–Trinajstić information content (AvgIpc) is 2.62. The molecule has 0 aliphatic heterocycles. The Balaban J connectivity index is 2.40. The van der Waals surface area contributed by atoms with Crippen molar-refractivity contribution in [2.24, 2.45) is 0 Å². The van der Waals surface area contributed by atoms with E-state index < -0.39 is 0 Å². The molecule has 1 aromatic heterocycles. The van der Waals surface area contributed by atoms with E-state index in [1.165, 1.54) is 0 Å². The van der Waals surface area contributed by atoms with Gasteiger partial charge in [0.05, 0.1) is 7.11 Å². The molecule has 0 amide bonds. The highest BCUT2D eigenvalue weighted by Crippen LogP contribution is 2.40. The van der Waals surface area contributed by atoms with Gasteiger partial charge in [-0.1, -0.05) is 42.5 Å². The first-order chi connectivity index (χ1) is 12.1. The van der Waals surface area contributed by atoms with Crippen LogP contribution in [-0.2, 0) is 0 Å².